The normalized spacial score (nSPS) is 14.2. The van der Waals surface area contributed by atoms with Crippen molar-refractivity contribution in [2.75, 3.05) is 6.67 Å². The number of nitrogens with one attached hydrogen (secondary N) is 1. The highest BCUT2D eigenvalue weighted by Gasteiger charge is 2.24. The lowest BCUT2D eigenvalue weighted by Crippen LogP contribution is -2.43. The van der Waals surface area contributed by atoms with E-state index >= 15 is 0 Å². The lowest BCUT2D eigenvalue weighted by molar-refractivity contribution is -0.121. The van der Waals surface area contributed by atoms with Crippen molar-refractivity contribution in [1.29, 1.82) is 0 Å². The summed E-state index contributed by atoms with van der Waals surface area (Å²) in [6.07, 6.45) is -1.23. The maximum absolute atomic E-state index is 12.9. The second-order valence-corrected chi connectivity index (χ2v) is 5.01. The Balaban J connectivity index is 2.76. The van der Waals surface area contributed by atoms with Gasteiger partial charge in [0.1, 0.15) is 12.8 Å². The number of halogens is 3. The van der Waals surface area contributed by atoms with Crippen LogP contribution in [0.25, 0.3) is 0 Å². The predicted octanol–water partition coefficient (Wildman–Crippen LogP) is 1.47. The fraction of sp³-hybridized carbons (Fsp3) is 0.417. The Morgan fingerprint density at radius 1 is 1.32 bits per heavy atom. The number of carbonyl (C=O) groups is 1. The number of amides is 1. The Hall–Kier alpha value is -0.880. The van der Waals surface area contributed by atoms with Crippen molar-refractivity contribution >= 4 is 29.1 Å². The zero-order valence-corrected chi connectivity index (χ0v) is 11.4. The third kappa shape index (κ3) is 4.62. The third-order valence-electron chi connectivity index (χ3n) is 2.58. The summed E-state index contributed by atoms with van der Waals surface area (Å²) in [5, 5.41) is 21.1. The second-order valence-electron chi connectivity index (χ2n) is 3.91. The van der Waals surface area contributed by atoms with Crippen LogP contribution in [0.15, 0.2) is 24.3 Å². The summed E-state index contributed by atoms with van der Waals surface area (Å²) in [5.41, 5.74) is 1.08. The Morgan fingerprint density at radius 2 is 1.89 bits per heavy atom. The predicted molar refractivity (Wildman–Crippen MR) is 70.7 cm³/mol. The number of benzene rings is 1. The molecule has 1 aromatic rings. The van der Waals surface area contributed by atoms with Crippen LogP contribution in [0.1, 0.15) is 17.2 Å². The monoisotopic (exact) mass is 309 g/mol. The first-order valence-electron chi connectivity index (χ1n) is 5.51. The van der Waals surface area contributed by atoms with E-state index in [9.17, 15) is 14.3 Å². The summed E-state index contributed by atoms with van der Waals surface area (Å²) in [7, 11) is 0. The lowest BCUT2D eigenvalue weighted by Gasteiger charge is -2.22. The fourth-order valence-corrected chi connectivity index (χ4v) is 1.63. The minimum atomic E-state index is -1.32. The fourth-order valence-electron chi connectivity index (χ4n) is 1.50. The molecule has 2 atom stereocenters. The van der Waals surface area contributed by atoms with Gasteiger partial charge in [-0.25, -0.2) is 4.39 Å². The molecule has 0 saturated heterocycles. The van der Waals surface area contributed by atoms with E-state index in [0.717, 1.165) is 0 Å². The van der Waals surface area contributed by atoms with Crippen molar-refractivity contribution in [3.63, 3.8) is 0 Å². The molecule has 0 bridgehead atoms. The van der Waals surface area contributed by atoms with Crippen LogP contribution < -0.4 is 5.32 Å². The molecule has 4 nitrogen and oxygen atoms in total. The molecule has 0 aromatic heterocycles. The van der Waals surface area contributed by atoms with Gasteiger partial charge in [-0.3, -0.25) is 4.79 Å². The van der Waals surface area contributed by atoms with Gasteiger partial charge in [-0.15, -0.1) is 0 Å². The van der Waals surface area contributed by atoms with Gasteiger partial charge in [-0.05, 0) is 11.1 Å². The van der Waals surface area contributed by atoms with Crippen LogP contribution in [0.4, 0.5) is 4.39 Å². The van der Waals surface area contributed by atoms with E-state index in [1.807, 2.05) is 0 Å². The molecular weight excluding hydrogens is 296 g/mol. The van der Waals surface area contributed by atoms with Crippen molar-refractivity contribution in [1.82, 2.24) is 5.32 Å². The van der Waals surface area contributed by atoms with Crippen molar-refractivity contribution in [2.45, 2.75) is 23.6 Å². The number of carbonyl (C=O) groups excluding carboxylic acids is 1. The molecule has 1 rings (SSSR count). The Bertz CT molecular complexity index is 414. The molecular formula is C12H14Cl2FNO3. The Morgan fingerprint density at radius 3 is 2.32 bits per heavy atom. The topological polar surface area (TPSA) is 69.6 Å². The van der Waals surface area contributed by atoms with Gasteiger partial charge in [0.25, 0.3) is 5.91 Å². The number of hydrogen-bond donors (Lipinski definition) is 3. The molecule has 0 aliphatic rings. The maximum Gasteiger partial charge on any atom is 0.253 e. The first kappa shape index (κ1) is 16.2. The molecule has 3 N–H and O–H groups in total. The molecule has 1 amide bonds. The molecule has 0 fully saturated rings. The third-order valence-corrected chi connectivity index (χ3v) is 2.97. The molecule has 0 aliphatic heterocycles. The second kappa shape index (κ2) is 7.65. The Labute approximate surface area is 120 Å². The highest BCUT2D eigenvalue weighted by Crippen LogP contribution is 2.19. The molecule has 0 spiro atoms. The minimum absolute atomic E-state index is 0.125. The van der Waals surface area contributed by atoms with Crippen molar-refractivity contribution in [2.24, 2.45) is 0 Å². The summed E-state index contributed by atoms with van der Waals surface area (Å²) in [6, 6.07) is 5.16. The van der Waals surface area contributed by atoms with Gasteiger partial charge in [0, 0.05) is 0 Å². The Kier molecular flexibility index (Phi) is 6.51. The van der Waals surface area contributed by atoms with E-state index in [1.54, 1.807) is 24.3 Å². The number of aliphatic hydroxyl groups is 2. The van der Waals surface area contributed by atoms with E-state index < -0.39 is 29.6 Å². The average molecular weight is 310 g/mol. The van der Waals surface area contributed by atoms with Crippen LogP contribution in [0, 0.1) is 0 Å². The zero-order chi connectivity index (χ0) is 14.4. The van der Waals surface area contributed by atoms with Crippen LogP contribution in [-0.2, 0) is 11.4 Å². The number of rotatable bonds is 6. The van der Waals surface area contributed by atoms with Gasteiger partial charge in [0.2, 0.25) is 0 Å². The molecule has 0 heterocycles. The average Bonchev–Trinajstić information content (AvgIpc) is 2.43. The largest absolute Gasteiger partial charge is 0.392 e. The van der Waals surface area contributed by atoms with Crippen LogP contribution in [0.5, 0.6) is 0 Å². The van der Waals surface area contributed by atoms with E-state index in [-0.39, 0.29) is 6.61 Å². The van der Waals surface area contributed by atoms with Crippen LogP contribution in [0.3, 0.4) is 0 Å². The molecule has 2 unspecified atom stereocenters. The van der Waals surface area contributed by atoms with Crippen molar-refractivity contribution in [3.8, 4) is 0 Å². The van der Waals surface area contributed by atoms with E-state index in [0.29, 0.717) is 11.1 Å². The summed E-state index contributed by atoms with van der Waals surface area (Å²) in [5.74, 6) is -0.767. The van der Waals surface area contributed by atoms with Crippen molar-refractivity contribution < 1.29 is 19.4 Å². The van der Waals surface area contributed by atoms with Gasteiger partial charge >= 0.3 is 0 Å². The molecule has 0 saturated carbocycles. The lowest BCUT2D eigenvalue weighted by atomic mass is 10.0. The summed E-state index contributed by atoms with van der Waals surface area (Å²) >= 11 is 10.7. The highest BCUT2D eigenvalue weighted by molar-refractivity contribution is 6.53. The first-order chi connectivity index (χ1) is 8.99. The van der Waals surface area contributed by atoms with Crippen LogP contribution in [0.2, 0.25) is 0 Å². The molecule has 0 radical (unpaired) electrons. The molecule has 106 valence electrons. The van der Waals surface area contributed by atoms with Gasteiger partial charge < -0.3 is 15.5 Å². The van der Waals surface area contributed by atoms with Crippen LogP contribution in [-0.4, -0.2) is 33.7 Å². The summed E-state index contributed by atoms with van der Waals surface area (Å²) in [4.78, 5) is 9.94. The molecule has 19 heavy (non-hydrogen) atoms. The SMILES string of the molecule is O=C(NC(CF)C(O)c1ccc(CO)cc1)C(Cl)Cl. The molecule has 7 heteroatoms. The summed E-state index contributed by atoms with van der Waals surface area (Å²) in [6.45, 7) is -1.09. The van der Waals surface area contributed by atoms with E-state index in [1.165, 1.54) is 0 Å². The quantitative estimate of drug-likeness (QED) is 0.697. The minimum Gasteiger partial charge on any atom is -0.392 e. The zero-order valence-electron chi connectivity index (χ0n) is 9.89. The number of hydrogen-bond acceptors (Lipinski definition) is 3. The van der Waals surface area contributed by atoms with Crippen molar-refractivity contribution in [3.05, 3.63) is 35.4 Å². The van der Waals surface area contributed by atoms with Gasteiger partial charge in [-0.1, -0.05) is 47.5 Å². The van der Waals surface area contributed by atoms with E-state index in [2.05, 4.69) is 5.32 Å². The summed E-state index contributed by atoms with van der Waals surface area (Å²) < 4.78 is 12.9. The van der Waals surface area contributed by atoms with Gasteiger partial charge in [-0.2, -0.15) is 0 Å². The smallest absolute Gasteiger partial charge is 0.253 e. The molecule has 0 aliphatic carbocycles. The standard InChI is InChI=1S/C12H14Cl2FNO3/c13-11(14)12(19)16-9(5-15)10(18)8-3-1-7(6-17)2-4-8/h1-4,9-11,17-18H,5-6H2,(H,16,19). The highest BCUT2D eigenvalue weighted by atomic mass is 35.5. The first-order valence-corrected chi connectivity index (χ1v) is 6.39. The number of aliphatic hydroxyl groups excluding tert-OH is 2. The van der Waals surface area contributed by atoms with E-state index in [4.69, 9.17) is 28.3 Å². The molecule has 1 aromatic carbocycles. The number of alkyl halides is 3. The van der Waals surface area contributed by atoms with Gasteiger partial charge in [0.05, 0.1) is 12.6 Å². The maximum atomic E-state index is 12.9. The van der Waals surface area contributed by atoms with Gasteiger partial charge in [0.15, 0.2) is 4.84 Å². The van der Waals surface area contributed by atoms with Crippen LogP contribution >= 0.6 is 23.2 Å².